The molecule has 1 aromatic rings. The third kappa shape index (κ3) is 57.7. The molecule has 3 N–H and O–H groups in total. The van der Waals surface area contributed by atoms with Gasteiger partial charge in [0.15, 0.2) is 57.7 Å². The molecule has 0 aliphatic carbocycles. The van der Waals surface area contributed by atoms with Crippen LogP contribution in [0, 0.1) is 0 Å². The number of aromatic carboxylic acids is 1. The first kappa shape index (κ1) is 94.9. The molecule has 0 heterocycles. The number of aromatic hydroxyl groups is 3. The second-order valence-corrected chi connectivity index (χ2v) is 18.6. The number of carbonyl (C=O) groups excluding carboxylic acids is 1. The molecule has 79 heavy (non-hydrogen) atoms. The zero-order valence-electron chi connectivity index (χ0n) is 46.5. The summed E-state index contributed by atoms with van der Waals surface area (Å²) >= 11 is 0. The van der Waals surface area contributed by atoms with Crippen molar-refractivity contribution < 1.29 is 152 Å². The summed E-state index contributed by atoms with van der Waals surface area (Å²) in [7, 11) is -24.4. The fourth-order valence-corrected chi connectivity index (χ4v) is 3.78. The Balaban J connectivity index is -0.0000000990. The lowest BCUT2D eigenvalue weighted by atomic mass is 10.2. The molecule has 38 heteroatoms. The van der Waals surface area contributed by atoms with Gasteiger partial charge < -0.3 is 65.3 Å². The van der Waals surface area contributed by atoms with Gasteiger partial charge in [-0.25, -0.2) is 33.7 Å². The average Bonchev–Trinajstić information content (AvgIpc) is 3.30. The van der Waals surface area contributed by atoms with Crippen molar-refractivity contribution in [2.24, 2.45) is 0 Å². The zero-order chi connectivity index (χ0) is 65.8. The first-order chi connectivity index (χ1) is 35.3. The number of benzene rings is 1. The van der Waals surface area contributed by atoms with Gasteiger partial charge in [0.2, 0.25) is 0 Å². The van der Waals surface area contributed by atoms with E-state index in [0.717, 1.165) is 111 Å². The van der Waals surface area contributed by atoms with Crippen molar-refractivity contribution >= 4 is 46.4 Å². The van der Waals surface area contributed by atoms with Crippen molar-refractivity contribution in [3.8, 4) is 17.2 Å². The molecule has 1 aromatic carbocycles. The maximum atomic E-state index is 10.7. The van der Waals surface area contributed by atoms with E-state index < -0.39 is 91.3 Å². The summed E-state index contributed by atoms with van der Waals surface area (Å²) in [4.78, 5) is 10.2. The maximum Gasteiger partial charge on any atom is 0.485 e. The van der Waals surface area contributed by atoms with Gasteiger partial charge in [0, 0.05) is 109 Å². The standard InChI is InChI=1S/C7H6O5.5C6H15O.4CHF3O3S/c8-4-1-3(7(11)12)2-5(9)6(4)10;5*1-4-7(5-2)6-3;4*2-1(3,4)8(5,6)7/h1-2,8-10H,(H,11,12);5*4-6H2,1-3H3;4*(H,5,6,7)/q;5*+1;;;;/p-5. The topological polar surface area (TPSA) is 343 Å². The molecule has 0 amide bonds. The Morgan fingerprint density at radius 1 is 0.354 bits per heavy atom. The Hall–Kier alpha value is -3.31. The van der Waals surface area contributed by atoms with Crippen molar-refractivity contribution in [2.45, 2.75) is 126 Å². The van der Waals surface area contributed by atoms with E-state index in [1.165, 1.54) is 0 Å². The van der Waals surface area contributed by atoms with E-state index >= 15 is 0 Å². The van der Waals surface area contributed by atoms with E-state index in [4.69, 9.17) is 67.2 Å². The molecule has 0 aliphatic rings. The smallest absolute Gasteiger partial charge is 0.485 e. The summed E-state index contributed by atoms with van der Waals surface area (Å²) in [5.74, 6) is -3.69. The molecule has 0 bridgehead atoms. The van der Waals surface area contributed by atoms with Crippen molar-refractivity contribution in [2.75, 3.05) is 99.1 Å². The first-order valence-electron chi connectivity index (χ1n) is 23.0. The second kappa shape index (κ2) is 48.2. The molecule has 0 unspecified atom stereocenters. The molecule has 0 fully saturated rings. The monoisotopic (exact) mass is 1280 g/mol. The number of rotatable bonds is 16. The van der Waals surface area contributed by atoms with Crippen LogP contribution in [0.4, 0.5) is 52.7 Å². The molecule has 0 spiro atoms. The Morgan fingerprint density at radius 3 is 0.506 bits per heavy atom. The average molecular weight is 1280 g/mol. The highest BCUT2D eigenvalue weighted by atomic mass is 32.2. The van der Waals surface area contributed by atoms with Crippen LogP contribution in [0.5, 0.6) is 17.2 Å². The number of carboxylic acid groups (broad SMARTS) is 1. The molecule has 0 saturated heterocycles. The van der Waals surface area contributed by atoms with Gasteiger partial charge in [-0.15, -0.1) is 0 Å². The van der Waals surface area contributed by atoms with E-state index in [-0.39, 0.29) is 0 Å². The van der Waals surface area contributed by atoms with E-state index in [2.05, 4.69) is 126 Å². The number of carboxylic acids is 1. The SMILES string of the molecule is CC[O+](CC)CC.CC[O+](CC)CC.CC[O+](CC)CC.CC[O+](CC)CC.CC[O+](CC)CC.O=C([O-])c1cc(O)c(O)c(O)c1.O=S(=O)([O-])C(F)(F)F.O=S(=O)([O-])C(F)(F)F.O=S(=O)([O-])C(F)(F)F.O=S(=O)([O-])C(F)(F)F. The van der Waals surface area contributed by atoms with Gasteiger partial charge in [-0.2, -0.15) is 52.7 Å². The minimum Gasteiger partial charge on any atom is -0.741 e. The molecule has 0 aliphatic heterocycles. The van der Waals surface area contributed by atoms with Crippen LogP contribution in [0.1, 0.15) is 114 Å². The Bertz CT molecular complexity index is 1780. The van der Waals surface area contributed by atoms with Gasteiger partial charge in [-0.1, -0.05) is 0 Å². The van der Waals surface area contributed by atoms with Crippen LogP contribution in [0.3, 0.4) is 0 Å². The quantitative estimate of drug-likeness (QED) is 0.0478. The molecular formula is C41H80F12O22S4. The van der Waals surface area contributed by atoms with Crippen LogP contribution in [0.25, 0.3) is 0 Å². The lowest BCUT2D eigenvalue weighted by Gasteiger charge is -2.11. The number of phenols is 3. The Morgan fingerprint density at radius 2 is 0.456 bits per heavy atom. The lowest BCUT2D eigenvalue weighted by molar-refractivity contribution is -0.255. The summed E-state index contributed by atoms with van der Waals surface area (Å²) in [5.41, 5.74) is -23.0. The summed E-state index contributed by atoms with van der Waals surface area (Å²) < 4.78 is 251. The molecule has 0 saturated carbocycles. The number of halogens is 12. The normalized spacial score (nSPS) is 11.7. The van der Waals surface area contributed by atoms with E-state index in [1.54, 1.807) is 0 Å². The van der Waals surface area contributed by atoms with E-state index in [9.17, 15) is 62.6 Å². The van der Waals surface area contributed by atoms with Gasteiger partial charge in [-0.05, 0) is 12.1 Å². The number of hydrogen-bond acceptors (Lipinski definition) is 17. The minimum absolute atomic E-state index is 0.400. The van der Waals surface area contributed by atoms with Crippen LogP contribution in [-0.2, 0) is 62.3 Å². The van der Waals surface area contributed by atoms with Crippen molar-refractivity contribution in [3.63, 3.8) is 0 Å². The van der Waals surface area contributed by atoms with Crippen LogP contribution >= 0.6 is 0 Å². The van der Waals surface area contributed by atoms with E-state index in [0.29, 0.717) is 0 Å². The van der Waals surface area contributed by atoms with Gasteiger partial charge in [-0.3, -0.25) is 0 Å². The van der Waals surface area contributed by atoms with Gasteiger partial charge in [0.05, 0.1) is 5.97 Å². The van der Waals surface area contributed by atoms with Crippen LogP contribution in [-0.4, -0.2) is 194 Å². The van der Waals surface area contributed by atoms with Crippen molar-refractivity contribution in [1.29, 1.82) is 0 Å². The molecule has 0 radical (unpaired) electrons. The number of hydrogen-bond donors (Lipinski definition) is 3. The lowest BCUT2D eigenvalue weighted by Crippen LogP contribution is -2.21. The number of phenolic OH excluding ortho intramolecular Hbond substituents is 3. The maximum absolute atomic E-state index is 10.7. The fourth-order valence-electron chi connectivity index (χ4n) is 3.78. The largest absolute Gasteiger partial charge is 0.741 e. The van der Waals surface area contributed by atoms with Gasteiger partial charge in [0.1, 0.15) is 99.1 Å². The fraction of sp³-hybridized carbons (Fsp3) is 0.829. The van der Waals surface area contributed by atoms with Gasteiger partial charge in [0.25, 0.3) is 0 Å². The van der Waals surface area contributed by atoms with E-state index in [1.807, 2.05) is 0 Å². The Kier molecular flexibility index (Phi) is 58.0. The molecule has 22 nitrogen and oxygen atoms in total. The predicted molar refractivity (Wildman–Crippen MR) is 262 cm³/mol. The summed E-state index contributed by atoms with van der Waals surface area (Å²) in [6.45, 7) is 48.8. The Labute approximate surface area is 456 Å². The molecule has 0 aromatic heterocycles. The third-order valence-electron chi connectivity index (χ3n) is 8.56. The van der Waals surface area contributed by atoms with Crippen LogP contribution < -0.4 is 5.11 Å². The highest BCUT2D eigenvalue weighted by Crippen LogP contribution is 2.35. The number of carbonyl (C=O) groups is 1. The minimum atomic E-state index is -6.09. The third-order valence-corrected chi connectivity index (χ3v) is 10.8. The number of alkyl halides is 12. The summed E-state index contributed by atoms with van der Waals surface area (Å²) in [6, 6.07) is 1.56. The second-order valence-electron chi connectivity index (χ2n) is 13.1. The predicted octanol–water partition coefficient (Wildman–Crippen LogP) is 7.36. The molecule has 0 atom stereocenters. The molecular weight excluding hydrogens is 1200 g/mol. The summed E-state index contributed by atoms with van der Waals surface area (Å²) in [6.07, 6.45) is 0. The highest BCUT2D eigenvalue weighted by molar-refractivity contribution is 7.87. The summed E-state index contributed by atoms with van der Waals surface area (Å²) in [5, 5.41) is 36.7. The van der Waals surface area contributed by atoms with Crippen LogP contribution in [0.2, 0.25) is 0 Å². The van der Waals surface area contributed by atoms with Crippen molar-refractivity contribution in [1.82, 2.24) is 0 Å². The first-order valence-corrected chi connectivity index (χ1v) is 28.6. The van der Waals surface area contributed by atoms with Gasteiger partial charge >= 0.3 is 22.0 Å². The van der Waals surface area contributed by atoms with Crippen LogP contribution in [0.15, 0.2) is 12.1 Å². The highest BCUT2D eigenvalue weighted by Gasteiger charge is 2.38. The molecule has 484 valence electrons. The molecule has 1 rings (SSSR count). The zero-order valence-corrected chi connectivity index (χ0v) is 49.8. The van der Waals surface area contributed by atoms with Crippen molar-refractivity contribution in [3.05, 3.63) is 17.7 Å².